The molecule has 0 atom stereocenters. The van der Waals surface area contributed by atoms with Crippen LogP contribution in [0.5, 0.6) is 5.75 Å². The van der Waals surface area contributed by atoms with Crippen molar-refractivity contribution >= 4 is 0 Å². The van der Waals surface area contributed by atoms with Crippen LogP contribution < -0.4 is 10.5 Å². The highest BCUT2D eigenvalue weighted by atomic mass is 16.5. The van der Waals surface area contributed by atoms with E-state index in [1.165, 1.54) is 0 Å². The van der Waals surface area contributed by atoms with Gasteiger partial charge in [-0.25, -0.2) is 4.98 Å². The molecule has 0 spiro atoms. The molecule has 1 heterocycles. The van der Waals surface area contributed by atoms with Gasteiger partial charge in [-0.3, -0.25) is 5.10 Å². The number of ether oxygens (including phenoxy) is 1. The molecule has 3 N–H and O–H groups in total. The van der Waals surface area contributed by atoms with Gasteiger partial charge in [0.05, 0.1) is 13.7 Å². The average Bonchev–Trinajstić information content (AvgIpc) is 2.78. The van der Waals surface area contributed by atoms with Gasteiger partial charge in [0, 0.05) is 5.56 Å². The smallest absolute Gasteiger partial charge is 0.181 e. The van der Waals surface area contributed by atoms with Crippen molar-refractivity contribution in [3.63, 3.8) is 0 Å². The Bertz CT molecular complexity index is 452. The molecule has 0 amide bonds. The van der Waals surface area contributed by atoms with Gasteiger partial charge in [-0.1, -0.05) is 12.1 Å². The predicted octanol–water partition coefficient (Wildman–Crippen LogP) is 0.939. The number of nitrogens with zero attached hydrogens (tertiary/aromatic N) is 2. The topological polar surface area (TPSA) is 76.8 Å². The van der Waals surface area contributed by atoms with E-state index in [1.807, 2.05) is 24.3 Å². The standard InChI is InChI=1S/C10H12N4O/c1-15-8-4-2-3-7(5-8)10-12-9(6-11)13-14-10/h2-5H,6,11H2,1H3,(H,12,13,14). The zero-order valence-corrected chi connectivity index (χ0v) is 8.40. The number of aromatic amines is 1. The molecule has 2 rings (SSSR count). The monoisotopic (exact) mass is 204 g/mol. The lowest BCUT2D eigenvalue weighted by Crippen LogP contribution is -1.97. The number of methoxy groups -OCH3 is 1. The molecule has 0 fully saturated rings. The minimum absolute atomic E-state index is 0.358. The molecule has 1 aromatic heterocycles. The number of rotatable bonds is 3. The Balaban J connectivity index is 2.35. The summed E-state index contributed by atoms with van der Waals surface area (Å²) in [6, 6.07) is 7.57. The Morgan fingerprint density at radius 3 is 3.00 bits per heavy atom. The van der Waals surface area contributed by atoms with E-state index in [0.29, 0.717) is 18.2 Å². The van der Waals surface area contributed by atoms with E-state index in [1.54, 1.807) is 7.11 Å². The van der Waals surface area contributed by atoms with E-state index in [4.69, 9.17) is 10.5 Å². The molecular formula is C10H12N4O. The fourth-order valence-corrected chi connectivity index (χ4v) is 1.28. The fraction of sp³-hybridized carbons (Fsp3) is 0.200. The average molecular weight is 204 g/mol. The zero-order chi connectivity index (χ0) is 10.7. The molecule has 0 bridgehead atoms. The Morgan fingerprint density at radius 1 is 1.47 bits per heavy atom. The number of benzene rings is 1. The SMILES string of the molecule is COc1cccc(-c2n[nH]c(CN)n2)c1. The Hall–Kier alpha value is -1.88. The van der Waals surface area contributed by atoms with Gasteiger partial charge in [-0.15, -0.1) is 0 Å². The quantitative estimate of drug-likeness (QED) is 0.780. The summed E-state index contributed by atoms with van der Waals surface area (Å²) in [4.78, 5) is 4.23. The minimum Gasteiger partial charge on any atom is -0.497 e. The molecule has 5 heteroatoms. The largest absolute Gasteiger partial charge is 0.497 e. The minimum atomic E-state index is 0.358. The fourth-order valence-electron chi connectivity index (χ4n) is 1.28. The highest BCUT2D eigenvalue weighted by Gasteiger charge is 2.05. The van der Waals surface area contributed by atoms with Gasteiger partial charge in [0.1, 0.15) is 11.6 Å². The first-order chi connectivity index (χ1) is 7.33. The molecule has 0 saturated heterocycles. The summed E-state index contributed by atoms with van der Waals surface area (Å²) < 4.78 is 5.12. The van der Waals surface area contributed by atoms with Crippen LogP contribution in [-0.4, -0.2) is 22.3 Å². The molecule has 2 aromatic rings. The van der Waals surface area contributed by atoms with Crippen LogP contribution in [0.4, 0.5) is 0 Å². The van der Waals surface area contributed by atoms with Crippen LogP contribution in [0.3, 0.4) is 0 Å². The number of nitrogens with two attached hydrogens (primary N) is 1. The zero-order valence-electron chi connectivity index (χ0n) is 8.40. The summed E-state index contributed by atoms with van der Waals surface area (Å²) >= 11 is 0. The molecule has 1 aromatic carbocycles. The molecule has 78 valence electrons. The first-order valence-electron chi connectivity index (χ1n) is 4.59. The van der Waals surface area contributed by atoms with E-state index in [-0.39, 0.29) is 0 Å². The van der Waals surface area contributed by atoms with E-state index < -0.39 is 0 Å². The summed E-state index contributed by atoms with van der Waals surface area (Å²) in [5.41, 5.74) is 6.35. The van der Waals surface area contributed by atoms with Crippen LogP contribution in [0.1, 0.15) is 5.82 Å². The van der Waals surface area contributed by atoms with Crippen molar-refractivity contribution in [2.24, 2.45) is 5.73 Å². The molecule has 0 radical (unpaired) electrons. The molecule has 0 saturated carbocycles. The van der Waals surface area contributed by atoms with E-state index >= 15 is 0 Å². The van der Waals surface area contributed by atoms with Crippen molar-refractivity contribution in [2.75, 3.05) is 7.11 Å². The first-order valence-corrected chi connectivity index (χ1v) is 4.59. The Labute approximate surface area is 87.3 Å². The lowest BCUT2D eigenvalue weighted by molar-refractivity contribution is 0.415. The third kappa shape index (κ3) is 1.97. The number of H-pyrrole nitrogens is 1. The molecule has 0 aliphatic heterocycles. The summed E-state index contributed by atoms with van der Waals surface area (Å²) in [5, 5.41) is 6.83. The molecule has 5 nitrogen and oxygen atoms in total. The van der Waals surface area contributed by atoms with Gasteiger partial charge in [0.15, 0.2) is 5.82 Å². The highest BCUT2D eigenvalue weighted by Crippen LogP contribution is 2.20. The van der Waals surface area contributed by atoms with Gasteiger partial charge in [-0.2, -0.15) is 5.10 Å². The molecule has 0 aliphatic carbocycles. The summed E-state index contributed by atoms with van der Waals surface area (Å²) in [6.45, 7) is 0.358. The van der Waals surface area contributed by atoms with E-state index in [0.717, 1.165) is 11.3 Å². The normalized spacial score (nSPS) is 10.3. The second kappa shape index (κ2) is 4.10. The number of aromatic nitrogens is 3. The first kappa shape index (κ1) is 9.67. The van der Waals surface area contributed by atoms with Crippen molar-refractivity contribution in [3.8, 4) is 17.1 Å². The maximum atomic E-state index is 5.44. The Kier molecular flexibility index (Phi) is 2.64. The second-order valence-corrected chi connectivity index (χ2v) is 3.04. The van der Waals surface area contributed by atoms with Crippen molar-refractivity contribution < 1.29 is 4.74 Å². The maximum absolute atomic E-state index is 5.44. The van der Waals surface area contributed by atoms with Crippen LogP contribution in [0.15, 0.2) is 24.3 Å². The van der Waals surface area contributed by atoms with Gasteiger partial charge in [0.2, 0.25) is 0 Å². The van der Waals surface area contributed by atoms with Crippen molar-refractivity contribution in [3.05, 3.63) is 30.1 Å². The van der Waals surface area contributed by atoms with Crippen LogP contribution in [0.25, 0.3) is 11.4 Å². The van der Waals surface area contributed by atoms with Gasteiger partial charge < -0.3 is 10.5 Å². The van der Waals surface area contributed by atoms with E-state index in [9.17, 15) is 0 Å². The molecule has 0 unspecified atom stereocenters. The predicted molar refractivity (Wildman–Crippen MR) is 56.3 cm³/mol. The third-order valence-corrected chi connectivity index (χ3v) is 2.05. The van der Waals surface area contributed by atoms with Gasteiger partial charge in [-0.05, 0) is 12.1 Å². The molecule has 0 aliphatic rings. The maximum Gasteiger partial charge on any atom is 0.181 e. The van der Waals surface area contributed by atoms with Crippen molar-refractivity contribution in [1.29, 1.82) is 0 Å². The van der Waals surface area contributed by atoms with Crippen LogP contribution in [-0.2, 0) is 6.54 Å². The number of hydrogen-bond donors (Lipinski definition) is 2. The van der Waals surface area contributed by atoms with Gasteiger partial charge in [0.25, 0.3) is 0 Å². The summed E-state index contributed by atoms with van der Waals surface area (Å²) in [6.07, 6.45) is 0. The lowest BCUT2D eigenvalue weighted by Gasteiger charge is -2.00. The molecule has 15 heavy (non-hydrogen) atoms. The molecular weight excluding hydrogens is 192 g/mol. The highest BCUT2D eigenvalue weighted by molar-refractivity contribution is 5.57. The Morgan fingerprint density at radius 2 is 2.33 bits per heavy atom. The van der Waals surface area contributed by atoms with Crippen molar-refractivity contribution in [1.82, 2.24) is 15.2 Å². The van der Waals surface area contributed by atoms with Crippen LogP contribution >= 0.6 is 0 Å². The third-order valence-electron chi connectivity index (χ3n) is 2.05. The number of hydrogen-bond acceptors (Lipinski definition) is 4. The van der Waals surface area contributed by atoms with Crippen LogP contribution in [0.2, 0.25) is 0 Å². The van der Waals surface area contributed by atoms with E-state index in [2.05, 4.69) is 15.2 Å². The van der Waals surface area contributed by atoms with Gasteiger partial charge >= 0.3 is 0 Å². The van der Waals surface area contributed by atoms with Crippen molar-refractivity contribution in [2.45, 2.75) is 6.54 Å². The summed E-state index contributed by atoms with van der Waals surface area (Å²) in [7, 11) is 1.63. The summed E-state index contributed by atoms with van der Waals surface area (Å²) in [5.74, 6) is 2.09. The number of nitrogens with one attached hydrogen (secondary N) is 1. The second-order valence-electron chi connectivity index (χ2n) is 3.04. The van der Waals surface area contributed by atoms with Crippen LogP contribution in [0, 0.1) is 0 Å². The lowest BCUT2D eigenvalue weighted by atomic mass is 10.2.